The lowest BCUT2D eigenvalue weighted by Gasteiger charge is -2.16. The molecule has 0 radical (unpaired) electrons. The fourth-order valence-electron chi connectivity index (χ4n) is 5.64. The van der Waals surface area contributed by atoms with Gasteiger partial charge in [-0.05, 0) is 32.5 Å². The molecule has 404 valence electrons. The smallest absolute Gasteiger partial charge is 0.183 e. The topological polar surface area (TPSA) is 166 Å². The fourth-order valence-corrected chi connectivity index (χ4v) is 6.40. The molecule has 0 aliphatic heterocycles. The third-order valence-corrected chi connectivity index (χ3v) is 10.3. The van der Waals surface area contributed by atoms with Crippen molar-refractivity contribution in [1.82, 2.24) is 0 Å². The Morgan fingerprint density at radius 2 is 0.328 bits per heavy atom. The van der Waals surface area contributed by atoms with Gasteiger partial charge in [-0.2, -0.15) is 0 Å². The van der Waals surface area contributed by atoms with Gasteiger partial charge < -0.3 is 85.0 Å². The van der Waals surface area contributed by atoms with Crippen molar-refractivity contribution < 1.29 is 85.0 Å². The summed E-state index contributed by atoms with van der Waals surface area (Å²) in [5.74, 6) is 0. The molecule has 0 amide bonds. The predicted molar refractivity (Wildman–Crippen MR) is 260 cm³/mol. The van der Waals surface area contributed by atoms with Crippen LogP contribution in [-0.2, 0) is 85.0 Å². The lowest BCUT2D eigenvalue weighted by molar-refractivity contribution is -0.0306. The Balaban J connectivity index is 3.07. The van der Waals surface area contributed by atoms with E-state index in [1.165, 1.54) is 57.8 Å². The SMILES string of the molecule is COCCOCCOCCOCCOCCOCCOCCOCCOCCOCCOCCOCCOCCOCCOCCOCCOCCCCCCCCCCCCO[Si](C)(C)C. The maximum atomic E-state index is 5.92. The Kier molecular flexibility index (Phi) is 59.4. The summed E-state index contributed by atoms with van der Waals surface area (Å²) in [5, 5.41) is 0. The van der Waals surface area contributed by atoms with Crippen LogP contribution in [0.2, 0.25) is 19.6 Å². The van der Waals surface area contributed by atoms with Crippen molar-refractivity contribution in [2.45, 2.75) is 83.8 Å². The summed E-state index contributed by atoms with van der Waals surface area (Å²) in [5.41, 5.74) is 0. The molecule has 0 heterocycles. The number of unbranched alkanes of at least 4 members (excludes halogenated alkanes) is 9. The number of hydrogen-bond donors (Lipinski definition) is 0. The molecule has 0 N–H and O–H groups in total. The second kappa shape index (κ2) is 59.8. The van der Waals surface area contributed by atoms with Crippen LogP contribution in [0.25, 0.3) is 0 Å². The Morgan fingerprint density at radius 3 is 0.507 bits per heavy atom. The van der Waals surface area contributed by atoms with Gasteiger partial charge in [-0.25, -0.2) is 0 Å². The van der Waals surface area contributed by atoms with Gasteiger partial charge in [0.1, 0.15) is 0 Å². The summed E-state index contributed by atoms with van der Waals surface area (Å²) in [7, 11) is 0.316. The first kappa shape index (κ1) is 66.5. The van der Waals surface area contributed by atoms with E-state index in [9.17, 15) is 0 Å². The van der Waals surface area contributed by atoms with Gasteiger partial charge in [-0.1, -0.05) is 51.4 Å². The average molecular weight is 993 g/mol. The Hall–Kier alpha value is -0.503. The van der Waals surface area contributed by atoms with Crippen molar-refractivity contribution in [3.63, 3.8) is 0 Å². The van der Waals surface area contributed by atoms with Crippen molar-refractivity contribution in [3.8, 4) is 0 Å². The van der Waals surface area contributed by atoms with Gasteiger partial charge >= 0.3 is 0 Å². The normalized spacial score (nSPS) is 12.0. The third kappa shape index (κ3) is 65.5. The van der Waals surface area contributed by atoms with E-state index < -0.39 is 8.32 Å². The molecule has 18 nitrogen and oxygen atoms in total. The van der Waals surface area contributed by atoms with Crippen LogP contribution in [0.3, 0.4) is 0 Å². The zero-order chi connectivity index (χ0) is 48.3. The van der Waals surface area contributed by atoms with Crippen molar-refractivity contribution in [3.05, 3.63) is 0 Å². The van der Waals surface area contributed by atoms with Crippen LogP contribution in [-0.4, -0.2) is 240 Å². The predicted octanol–water partition coefficient (Wildman–Crippen LogP) is 5.65. The summed E-state index contributed by atoms with van der Waals surface area (Å²) >= 11 is 0. The standard InChI is InChI=1S/C48H100O18Si/c1-49-17-18-51-21-22-53-25-26-55-29-30-57-33-34-59-37-38-61-41-42-63-45-46-65-48-47-64-44-43-62-40-39-60-36-35-58-32-31-56-28-27-54-24-23-52-20-19-50-15-13-11-9-7-5-6-8-10-12-14-16-66-67(2,3)4/h5-48H2,1-4H3. The minimum Gasteiger partial charge on any atom is -0.418 e. The lowest BCUT2D eigenvalue weighted by Crippen LogP contribution is -2.25. The van der Waals surface area contributed by atoms with Crippen LogP contribution in [0.15, 0.2) is 0 Å². The van der Waals surface area contributed by atoms with E-state index in [1.54, 1.807) is 7.11 Å². The van der Waals surface area contributed by atoms with Gasteiger partial charge in [-0.3, -0.25) is 0 Å². The highest BCUT2D eigenvalue weighted by Crippen LogP contribution is 2.12. The molecular weight excluding hydrogens is 893 g/mol. The minimum absolute atomic E-state index is 0.501. The lowest BCUT2D eigenvalue weighted by atomic mass is 10.1. The zero-order valence-electron chi connectivity index (χ0n) is 43.0. The molecule has 0 aliphatic carbocycles. The Bertz CT molecular complexity index is 882. The van der Waals surface area contributed by atoms with E-state index >= 15 is 0 Å². The van der Waals surface area contributed by atoms with E-state index in [1.807, 2.05) is 0 Å². The number of rotatable bonds is 62. The fraction of sp³-hybridized carbons (Fsp3) is 1.00. The van der Waals surface area contributed by atoms with Gasteiger partial charge in [0.05, 0.1) is 211 Å². The van der Waals surface area contributed by atoms with Crippen LogP contribution in [0.5, 0.6) is 0 Å². The molecule has 0 fully saturated rings. The second-order valence-corrected chi connectivity index (χ2v) is 20.8. The quantitative estimate of drug-likeness (QED) is 0.0542. The van der Waals surface area contributed by atoms with Crippen LogP contribution < -0.4 is 0 Å². The Labute approximate surface area is 407 Å². The largest absolute Gasteiger partial charge is 0.418 e. The summed E-state index contributed by atoms with van der Waals surface area (Å²) < 4.78 is 99.0. The first-order valence-electron chi connectivity index (χ1n) is 25.4. The van der Waals surface area contributed by atoms with Crippen molar-refractivity contribution in [1.29, 1.82) is 0 Å². The molecule has 0 aromatic carbocycles. The molecular formula is C48H100O18Si. The third-order valence-electron chi connectivity index (χ3n) is 9.23. The highest BCUT2D eigenvalue weighted by Gasteiger charge is 2.13. The molecule has 0 aromatic rings. The summed E-state index contributed by atoms with van der Waals surface area (Å²) in [6.45, 7) is 25.4. The van der Waals surface area contributed by atoms with Gasteiger partial charge in [0.2, 0.25) is 0 Å². The van der Waals surface area contributed by atoms with E-state index in [0.717, 1.165) is 19.6 Å². The summed E-state index contributed by atoms with van der Waals surface area (Å²) in [6.07, 6.45) is 13.0. The van der Waals surface area contributed by atoms with Crippen LogP contribution in [0, 0.1) is 0 Å². The molecule has 0 bridgehead atoms. The van der Waals surface area contributed by atoms with E-state index in [4.69, 9.17) is 85.0 Å². The molecule has 0 spiro atoms. The van der Waals surface area contributed by atoms with Crippen molar-refractivity contribution in [2.24, 2.45) is 0 Å². The highest BCUT2D eigenvalue weighted by molar-refractivity contribution is 6.69. The molecule has 0 aliphatic rings. The van der Waals surface area contributed by atoms with Crippen LogP contribution >= 0.6 is 0 Å². The molecule has 0 saturated carbocycles. The van der Waals surface area contributed by atoms with Crippen molar-refractivity contribution in [2.75, 3.05) is 232 Å². The molecule has 0 saturated heterocycles. The van der Waals surface area contributed by atoms with E-state index in [2.05, 4.69) is 19.6 Å². The van der Waals surface area contributed by atoms with Gasteiger partial charge in [0, 0.05) is 20.3 Å². The molecule has 0 atom stereocenters. The zero-order valence-corrected chi connectivity index (χ0v) is 44.0. The van der Waals surface area contributed by atoms with Gasteiger partial charge in [-0.15, -0.1) is 0 Å². The minimum atomic E-state index is -1.33. The molecule has 19 heteroatoms. The first-order valence-corrected chi connectivity index (χ1v) is 28.8. The van der Waals surface area contributed by atoms with Crippen LogP contribution in [0.1, 0.15) is 64.2 Å². The Morgan fingerprint density at radius 1 is 0.179 bits per heavy atom. The average Bonchev–Trinajstić information content (AvgIpc) is 3.31. The molecule has 0 aromatic heterocycles. The summed E-state index contributed by atoms with van der Waals surface area (Å²) in [4.78, 5) is 0. The van der Waals surface area contributed by atoms with Crippen molar-refractivity contribution >= 4 is 8.32 Å². The van der Waals surface area contributed by atoms with E-state index in [-0.39, 0.29) is 0 Å². The highest BCUT2D eigenvalue weighted by atomic mass is 28.4. The number of hydrogen-bond acceptors (Lipinski definition) is 18. The summed E-state index contributed by atoms with van der Waals surface area (Å²) in [6, 6.07) is 0. The van der Waals surface area contributed by atoms with Crippen LogP contribution in [0.4, 0.5) is 0 Å². The maximum absolute atomic E-state index is 5.92. The first-order chi connectivity index (χ1) is 33.1. The molecule has 67 heavy (non-hydrogen) atoms. The van der Waals surface area contributed by atoms with Gasteiger partial charge in [0.25, 0.3) is 0 Å². The monoisotopic (exact) mass is 993 g/mol. The maximum Gasteiger partial charge on any atom is 0.183 e. The van der Waals surface area contributed by atoms with Gasteiger partial charge in [0.15, 0.2) is 8.32 Å². The molecule has 0 unspecified atom stereocenters. The second-order valence-electron chi connectivity index (χ2n) is 16.3. The van der Waals surface area contributed by atoms with E-state index in [0.29, 0.717) is 211 Å². The number of methoxy groups -OCH3 is 1. The molecule has 0 rings (SSSR count). The number of ether oxygens (including phenoxy) is 17.